The van der Waals surface area contributed by atoms with Crippen LogP contribution in [0.3, 0.4) is 0 Å². The predicted molar refractivity (Wildman–Crippen MR) is 164 cm³/mol. The number of hydrogen-bond acceptors (Lipinski definition) is 0. The molecule has 194 valence electrons. The van der Waals surface area contributed by atoms with E-state index in [2.05, 4.69) is 115 Å². The molecule has 1 aliphatic rings. The van der Waals surface area contributed by atoms with Crippen LogP contribution in [0.5, 0.6) is 0 Å². The molecule has 0 nitrogen and oxygen atoms in total. The molecule has 37 heavy (non-hydrogen) atoms. The fraction of sp³-hybridized carbons (Fsp3) is 0.351. The van der Waals surface area contributed by atoms with Crippen molar-refractivity contribution in [1.82, 2.24) is 0 Å². The average Bonchev–Trinajstić information content (AvgIpc) is 3.11. The summed E-state index contributed by atoms with van der Waals surface area (Å²) in [6, 6.07) is 14.4. The summed E-state index contributed by atoms with van der Waals surface area (Å²) in [5, 5.41) is 0. The highest BCUT2D eigenvalue weighted by Crippen LogP contribution is 2.55. The van der Waals surface area contributed by atoms with E-state index in [9.17, 15) is 0 Å². The Bertz CT molecular complexity index is 1160. The maximum absolute atomic E-state index is 4.00. The molecular formula is C37H46. The van der Waals surface area contributed by atoms with Crippen LogP contribution >= 0.6 is 0 Å². The number of hydrogen-bond donors (Lipinski definition) is 0. The topological polar surface area (TPSA) is 0 Å². The van der Waals surface area contributed by atoms with Crippen molar-refractivity contribution in [3.63, 3.8) is 0 Å². The molecule has 0 unspecified atom stereocenters. The third-order valence-electron chi connectivity index (χ3n) is 8.14. The maximum atomic E-state index is 4.00. The molecule has 0 aromatic heterocycles. The van der Waals surface area contributed by atoms with E-state index in [4.69, 9.17) is 0 Å². The molecule has 2 aromatic rings. The summed E-state index contributed by atoms with van der Waals surface area (Å²) in [5.74, 6) is 0. The third kappa shape index (κ3) is 5.59. The van der Waals surface area contributed by atoms with Gasteiger partial charge in [0.05, 0.1) is 5.41 Å². The summed E-state index contributed by atoms with van der Waals surface area (Å²) in [5.41, 5.74) is 13.3. The second kappa shape index (κ2) is 12.9. The number of aryl methyl sites for hydroxylation is 4. The molecule has 0 spiro atoms. The lowest BCUT2D eigenvalue weighted by Crippen LogP contribution is -2.30. The van der Waals surface area contributed by atoms with Crippen LogP contribution < -0.4 is 0 Å². The van der Waals surface area contributed by atoms with E-state index in [0.717, 1.165) is 12.8 Å². The van der Waals surface area contributed by atoms with Gasteiger partial charge in [0.25, 0.3) is 0 Å². The number of unbranched alkanes of at least 4 members (excludes halogenated alkanes) is 2. The fourth-order valence-corrected chi connectivity index (χ4v) is 5.81. The van der Waals surface area contributed by atoms with Crippen molar-refractivity contribution in [3.05, 3.63) is 142 Å². The first-order valence-corrected chi connectivity index (χ1v) is 14.1. The first kappa shape index (κ1) is 28.5. The SMILES string of the molecule is C=C/C=C\C1=C(C)C(C)=C(/C=C\C=C)C1(c1ccc(C)c(CCCC)c1)c1ccc(C)c(CCCC)c1. The predicted octanol–water partition coefficient (Wildman–Crippen LogP) is 10.4. The molecule has 0 aliphatic heterocycles. The molecule has 0 fully saturated rings. The second-order valence-corrected chi connectivity index (χ2v) is 10.5. The van der Waals surface area contributed by atoms with E-state index in [1.807, 2.05) is 12.2 Å². The molecule has 2 aromatic carbocycles. The van der Waals surface area contributed by atoms with Crippen molar-refractivity contribution in [2.75, 3.05) is 0 Å². The minimum atomic E-state index is -0.392. The van der Waals surface area contributed by atoms with Gasteiger partial charge in [0, 0.05) is 0 Å². The van der Waals surface area contributed by atoms with Gasteiger partial charge >= 0.3 is 0 Å². The Morgan fingerprint density at radius 3 is 1.41 bits per heavy atom. The Labute approximate surface area is 226 Å². The summed E-state index contributed by atoms with van der Waals surface area (Å²) in [6.45, 7) is 21.6. The maximum Gasteiger partial charge on any atom is 0.0707 e. The molecule has 0 N–H and O–H groups in total. The van der Waals surface area contributed by atoms with Crippen LogP contribution in [0.2, 0.25) is 0 Å². The van der Waals surface area contributed by atoms with Crippen molar-refractivity contribution in [3.8, 4) is 0 Å². The molecule has 0 amide bonds. The molecule has 0 atom stereocenters. The molecule has 0 bridgehead atoms. The van der Waals surface area contributed by atoms with Crippen molar-refractivity contribution in [2.45, 2.75) is 85.5 Å². The lowest BCUT2D eigenvalue weighted by Gasteiger charge is -2.37. The highest BCUT2D eigenvalue weighted by atomic mass is 14.5. The van der Waals surface area contributed by atoms with Crippen LogP contribution in [0.15, 0.2) is 108 Å². The molecule has 0 saturated heterocycles. The third-order valence-corrected chi connectivity index (χ3v) is 8.14. The van der Waals surface area contributed by atoms with Gasteiger partial charge in [0.15, 0.2) is 0 Å². The first-order chi connectivity index (χ1) is 17.9. The Hall–Kier alpha value is -3.12. The van der Waals surface area contributed by atoms with Crippen LogP contribution in [-0.4, -0.2) is 0 Å². The lowest BCUT2D eigenvalue weighted by molar-refractivity contribution is 0.736. The van der Waals surface area contributed by atoms with Crippen molar-refractivity contribution in [1.29, 1.82) is 0 Å². The van der Waals surface area contributed by atoms with Crippen LogP contribution in [-0.2, 0) is 18.3 Å². The first-order valence-electron chi connectivity index (χ1n) is 14.1. The van der Waals surface area contributed by atoms with Crippen molar-refractivity contribution in [2.24, 2.45) is 0 Å². The average molecular weight is 491 g/mol. The highest BCUT2D eigenvalue weighted by Gasteiger charge is 2.46. The van der Waals surface area contributed by atoms with Gasteiger partial charge in [0.1, 0.15) is 0 Å². The number of allylic oxidation sites excluding steroid dienone is 10. The van der Waals surface area contributed by atoms with Gasteiger partial charge in [-0.05, 0) is 109 Å². The van der Waals surface area contributed by atoms with Crippen LogP contribution in [0.25, 0.3) is 0 Å². The largest absolute Gasteiger partial charge is 0.0991 e. The van der Waals surface area contributed by atoms with Crippen LogP contribution in [0.1, 0.15) is 86.8 Å². The van der Waals surface area contributed by atoms with Crippen LogP contribution in [0.4, 0.5) is 0 Å². The Morgan fingerprint density at radius 1 is 0.649 bits per heavy atom. The zero-order chi connectivity index (χ0) is 27.0. The molecular weight excluding hydrogens is 444 g/mol. The Kier molecular flexibility index (Phi) is 9.93. The van der Waals surface area contributed by atoms with Crippen LogP contribution in [0, 0.1) is 13.8 Å². The molecule has 0 heteroatoms. The van der Waals surface area contributed by atoms with E-state index in [0.29, 0.717) is 0 Å². The van der Waals surface area contributed by atoms with E-state index in [1.165, 1.54) is 81.4 Å². The minimum Gasteiger partial charge on any atom is -0.0991 e. The summed E-state index contributed by atoms with van der Waals surface area (Å²) < 4.78 is 0. The Balaban J connectivity index is 2.47. The molecule has 3 rings (SSSR count). The number of benzene rings is 2. The van der Waals surface area contributed by atoms with E-state index in [1.54, 1.807) is 0 Å². The van der Waals surface area contributed by atoms with Gasteiger partial charge in [-0.2, -0.15) is 0 Å². The Morgan fingerprint density at radius 2 is 1.05 bits per heavy atom. The van der Waals surface area contributed by atoms with E-state index in [-0.39, 0.29) is 0 Å². The van der Waals surface area contributed by atoms with Gasteiger partial charge in [-0.1, -0.05) is 113 Å². The fourth-order valence-electron chi connectivity index (χ4n) is 5.81. The summed E-state index contributed by atoms with van der Waals surface area (Å²) in [6.07, 6.45) is 19.6. The molecule has 0 heterocycles. The molecule has 0 saturated carbocycles. The molecule has 0 radical (unpaired) electrons. The second-order valence-electron chi connectivity index (χ2n) is 10.5. The van der Waals surface area contributed by atoms with Gasteiger partial charge in [-0.15, -0.1) is 0 Å². The summed E-state index contributed by atoms with van der Waals surface area (Å²) in [4.78, 5) is 0. The zero-order valence-electron chi connectivity index (χ0n) is 24.1. The standard InChI is InChI=1S/C37H46/c1-9-13-17-31-25-33(23-21-27(31)5)37(34-24-22-28(6)32(26-34)18-14-10-2)35(19-15-11-3)29(7)30(8)36(37)20-16-12-4/h11-12,15-16,19-26H,3-4,9-10,13-14,17-18H2,1-2,5-8H3/b19-15-,20-16-. The summed E-state index contributed by atoms with van der Waals surface area (Å²) in [7, 11) is 0. The van der Waals surface area contributed by atoms with E-state index < -0.39 is 5.41 Å². The normalized spacial score (nSPS) is 15.4. The number of rotatable bonds is 12. The quantitative estimate of drug-likeness (QED) is 0.260. The van der Waals surface area contributed by atoms with Crippen molar-refractivity contribution < 1.29 is 0 Å². The van der Waals surface area contributed by atoms with Gasteiger partial charge in [0.2, 0.25) is 0 Å². The smallest absolute Gasteiger partial charge is 0.0707 e. The van der Waals surface area contributed by atoms with E-state index >= 15 is 0 Å². The highest BCUT2D eigenvalue weighted by molar-refractivity contribution is 5.73. The van der Waals surface area contributed by atoms with Gasteiger partial charge < -0.3 is 0 Å². The lowest BCUT2D eigenvalue weighted by atomic mass is 9.65. The van der Waals surface area contributed by atoms with Crippen molar-refractivity contribution >= 4 is 0 Å². The monoisotopic (exact) mass is 490 g/mol. The zero-order valence-corrected chi connectivity index (χ0v) is 24.1. The van der Waals surface area contributed by atoms with Gasteiger partial charge in [-0.3, -0.25) is 0 Å². The minimum absolute atomic E-state index is 0.392. The van der Waals surface area contributed by atoms with Gasteiger partial charge in [-0.25, -0.2) is 0 Å². The summed E-state index contributed by atoms with van der Waals surface area (Å²) >= 11 is 0. The molecule has 1 aliphatic carbocycles.